The Balaban J connectivity index is 1.85. The zero-order valence-corrected chi connectivity index (χ0v) is 14.8. The van der Waals surface area contributed by atoms with E-state index in [0.717, 1.165) is 0 Å². The second-order valence-electron chi connectivity index (χ2n) is 3.97. The van der Waals surface area contributed by atoms with E-state index in [1.54, 1.807) is 23.6 Å². The lowest BCUT2D eigenvalue weighted by Gasteiger charge is -2.11. The maximum Gasteiger partial charge on any atom is 0.279 e. The Hall–Kier alpha value is -1.28. The third-order valence-electron chi connectivity index (χ3n) is 2.37. The van der Waals surface area contributed by atoms with Crippen LogP contribution in [0.1, 0.15) is 9.67 Å². The Kier molecular flexibility index (Phi) is 6.07. The molecule has 116 valence electrons. The molecule has 1 aromatic heterocycles. The van der Waals surface area contributed by atoms with E-state index in [1.165, 1.54) is 17.4 Å². The van der Waals surface area contributed by atoms with Crippen molar-refractivity contribution < 1.29 is 14.3 Å². The van der Waals surface area contributed by atoms with Crippen molar-refractivity contribution in [3.63, 3.8) is 0 Å². The van der Waals surface area contributed by atoms with E-state index in [-0.39, 0.29) is 11.6 Å². The Morgan fingerprint density at radius 1 is 1.27 bits per heavy atom. The van der Waals surface area contributed by atoms with E-state index in [9.17, 15) is 9.59 Å². The second kappa shape index (κ2) is 7.82. The van der Waals surface area contributed by atoms with Crippen LogP contribution in [-0.4, -0.2) is 18.4 Å². The molecule has 0 aliphatic heterocycles. The summed E-state index contributed by atoms with van der Waals surface area (Å²) in [5, 5.41) is 2.48. The third-order valence-corrected chi connectivity index (χ3v) is 4.33. The summed E-state index contributed by atoms with van der Waals surface area (Å²) in [4.78, 5) is 23.8. The number of amides is 2. The molecule has 0 aliphatic rings. The highest BCUT2D eigenvalue weighted by Gasteiger charge is 2.12. The van der Waals surface area contributed by atoms with Gasteiger partial charge in [-0.1, -0.05) is 29.3 Å². The van der Waals surface area contributed by atoms with Crippen molar-refractivity contribution in [3.05, 3.63) is 49.0 Å². The van der Waals surface area contributed by atoms with Gasteiger partial charge in [-0.3, -0.25) is 20.4 Å². The first-order chi connectivity index (χ1) is 10.5. The minimum absolute atomic E-state index is 0.273. The topological polar surface area (TPSA) is 67.4 Å². The maximum atomic E-state index is 11.6. The highest BCUT2D eigenvalue weighted by Crippen LogP contribution is 2.35. The highest BCUT2D eigenvalue weighted by atomic mass is 79.9. The summed E-state index contributed by atoms with van der Waals surface area (Å²) in [5.74, 6) is -0.623. The molecule has 1 heterocycles. The monoisotopic (exact) mass is 422 g/mol. The van der Waals surface area contributed by atoms with Crippen molar-refractivity contribution in [2.24, 2.45) is 0 Å². The van der Waals surface area contributed by atoms with E-state index in [1.807, 2.05) is 0 Å². The standard InChI is InChI=1S/C13H9BrCl2N2O3S/c14-8-4-7(15)5-9(16)12(8)21-6-11(19)17-18-13(20)10-2-1-3-22-10/h1-5H,6H2,(H,17,19)(H,18,20). The number of ether oxygens (including phenoxy) is 1. The summed E-state index contributed by atoms with van der Waals surface area (Å²) in [6, 6.07) is 6.48. The van der Waals surface area contributed by atoms with Crippen molar-refractivity contribution in [2.45, 2.75) is 0 Å². The fourth-order valence-electron chi connectivity index (χ4n) is 1.44. The van der Waals surface area contributed by atoms with Crippen LogP contribution in [-0.2, 0) is 4.79 Å². The van der Waals surface area contributed by atoms with Gasteiger partial charge in [0.15, 0.2) is 12.4 Å². The van der Waals surface area contributed by atoms with Gasteiger partial charge in [0.25, 0.3) is 11.8 Å². The Morgan fingerprint density at radius 3 is 2.68 bits per heavy atom. The Bertz CT molecular complexity index is 672. The lowest BCUT2D eigenvalue weighted by atomic mass is 10.3. The van der Waals surface area contributed by atoms with E-state index in [0.29, 0.717) is 20.1 Å². The molecule has 0 atom stereocenters. The number of thiophene rings is 1. The fraction of sp³-hybridized carbons (Fsp3) is 0.0769. The van der Waals surface area contributed by atoms with Gasteiger partial charge in [-0.05, 0) is 39.5 Å². The van der Waals surface area contributed by atoms with Gasteiger partial charge in [0.2, 0.25) is 0 Å². The van der Waals surface area contributed by atoms with Crippen molar-refractivity contribution in [3.8, 4) is 5.75 Å². The molecule has 0 saturated carbocycles. The Labute approximate surface area is 148 Å². The quantitative estimate of drug-likeness (QED) is 0.737. The van der Waals surface area contributed by atoms with Gasteiger partial charge in [0, 0.05) is 5.02 Å². The SMILES string of the molecule is O=C(COc1c(Cl)cc(Cl)cc1Br)NNC(=O)c1cccs1. The number of benzene rings is 1. The predicted octanol–water partition coefficient (Wildman–Crippen LogP) is 3.66. The molecule has 22 heavy (non-hydrogen) atoms. The number of hydrogen-bond acceptors (Lipinski definition) is 4. The summed E-state index contributed by atoms with van der Waals surface area (Å²) in [6.45, 7) is -0.315. The van der Waals surface area contributed by atoms with Crippen LogP contribution in [0.15, 0.2) is 34.1 Å². The highest BCUT2D eigenvalue weighted by molar-refractivity contribution is 9.10. The summed E-state index contributed by atoms with van der Waals surface area (Å²) >= 11 is 16.3. The molecule has 2 N–H and O–H groups in total. The smallest absolute Gasteiger partial charge is 0.279 e. The van der Waals surface area contributed by atoms with Gasteiger partial charge in [0.1, 0.15) is 0 Å². The second-order valence-corrected chi connectivity index (χ2v) is 6.61. The van der Waals surface area contributed by atoms with Crippen molar-refractivity contribution in [2.75, 3.05) is 6.61 Å². The minimum atomic E-state index is -0.525. The molecular formula is C13H9BrCl2N2O3S. The zero-order valence-electron chi connectivity index (χ0n) is 10.9. The van der Waals surface area contributed by atoms with E-state index in [2.05, 4.69) is 26.8 Å². The van der Waals surface area contributed by atoms with Gasteiger partial charge in [-0.2, -0.15) is 0 Å². The maximum absolute atomic E-state index is 11.6. The largest absolute Gasteiger partial charge is 0.481 e. The molecule has 1 aromatic carbocycles. The number of hydrazine groups is 1. The number of carbonyl (C=O) groups is 2. The van der Waals surface area contributed by atoms with E-state index >= 15 is 0 Å². The molecule has 0 bridgehead atoms. The lowest BCUT2D eigenvalue weighted by Crippen LogP contribution is -2.43. The van der Waals surface area contributed by atoms with Crippen molar-refractivity contribution in [1.82, 2.24) is 10.9 Å². The van der Waals surface area contributed by atoms with E-state index < -0.39 is 11.8 Å². The van der Waals surface area contributed by atoms with Gasteiger partial charge in [-0.25, -0.2) is 0 Å². The van der Waals surface area contributed by atoms with Crippen molar-refractivity contribution >= 4 is 62.3 Å². The van der Waals surface area contributed by atoms with Crippen LogP contribution < -0.4 is 15.6 Å². The summed E-state index contributed by atoms with van der Waals surface area (Å²) in [7, 11) is 0. The van der Waals surface area contributed by atoms with E-state index in [4.69, 9.17) is 27.9 Å². The molecule has 2 rings (SSSR count). The van der Waals surface area contributed by atoms with Crippen LogP contribution >= 0.6 is 50.5 Å². The molecule has 5 nitrogen and oxygen atoms in total. The number of carbonyl (C=O) groups excluding carboxylic acids is 2. The molecule has 0 spiro atoms. The molecule has 0 radical (unpaired) electrons. The predicted molar refractivity (Wildman–Crippen MR) is 89.6 cm³/mol. The van der Waals surface area contributed by atoms with Crippen LogP contribution in [0.5, 0.6) is 5.75 Å². The normalized spacial score (nSPS) is 10.1. The van der Waals surface area contributed by atoms with Gasteiger partial charge in [0.05, 0.1) is 14.4 Å². The van der Waals surface area contributed by atoms with Crippen LogP contribution in [0.4, 0.5) is 0 Å². The minimum Gasteiger partial charge on any atom is -0.481 e. The average molecular weight is 424 g/mol. The van der Waals surface area contributed by atoms with Crippen LogP contribution in [0, 0.1) is 0 Å². The molecule has 9 heteroatoms. The van der Waals surface area contributed by atoms with Gasteiger partial charge in [-0.15, -0.1) is 11.3 Å². The van der Waals surface area contributed by atoms with Gasteiger partial charge >= 0.3 is 0 Å². The van der Waals surface area contributed by atoms with Crippen molar-refractivity contribution in [1.29, 1.82) is 0 Å². The first-order valence-corrected chi connectivity index (χ1v) is 8.30. The number of hydrogen-bond donors (Lipinski definition) is 2. The van der Waals surface area contributed by atoms with Gasteiger partial charge < -0.3 is 4.74 Å². The fourth-order valence-corrected chi connectivity index (χ4v) is 3.42. The molecule has 0 saturated heterocycles. The number of halogens is 3. The zero-order chi connectivity index (χ0) is 16.1. The number of nitrogens with one attached hydrogen (secondary N) is 2. The first kappa shape index (κ1) is 17.1. The molecule has 0 fully saturated rings. The summed E-state index contributed by atoms with van der Waals surface area (Å²) < 4.78 is 5.84. The molecule has 2 aromatic rings. The van der Waals surface area contributed by atoms with Crippen LogP contribution in [0.2, 0.25) is 10.0 Å². The molecule has 0 unspecified atom stereocenters. The molecule has 0 aliphatic carbocycles. The number of rotatable bonds is 4. The third kappa shape index (κ3) is 4.61. The van der Waals surface area contributed by atoms with Crippen LogP contribution in [0.25, 0.3) is 0 Å². The average Bonchev–Trinajstić information content (AvgIpc) is 2.97. The lowest BCUT2D eigenvalue weighted by molar-refractivity contribution is -0.123. The van der Waals surface area contributed by atoms with Crippen LogP contribution in [0.3, 0.4) is 0 Å². The summed E-state index contributed by atoms with van der Waals surface area (Å²) in [5.41, 5.74) is 4.54. The molecular weight excluding hydrogens is 415 g/mol. The summed E-state index contributed by atoms with van der Waals surface area (Å²) in [6.07, 6.45) is 0. The first-order valence-electron chi connectivity index (χ1n) is 5.87. The Morgan fingerprint density at radius 2 is 2.05 bits per heavy atom. The molecule has 2 amide bonds.